The minimum Gasteiger partial charge on any atom is -0.497 e. The molecule has 1 N–H and O–H groups in total. The van der Waals surface area contributed by atoms with Crippen molar-refractivity contribution in [2.45, 2.75) is 12.8 Å². The van der Waals surface area contributed by atoms with E-state index < -0.39 is 0 Å². The summed E-state index contributed by atoms with van der Waals surface area (Å²) in [6.07, 6.45) is 5.09. The Hall–Kier alpha value is -3.61. The van der Waals surface area contributed by atoms with E-state index in [1.165, 1.54) is 12.0 Å². The molecule has 2 aromatic carbocycles. The highest BCUT2D eigenvalue weighted by atomic mass is 16.5. The van der Waals surface area contributed by atoms with Gasteiger partial charge in [-0.1, -0.05) is 12.2 Å². The molecule has 1 aliphatic carbocycles. The zero-order valence-corrected chi connectivity index (χ0v) is 16.8. The van der Waals surface area contributed by atoms with Gasteiger partial charge in [0.25, 0.3) is 5.91 Å². The highest BCUT2D eigenvalue weighted by Crippen LogP contribution is 2.37. The first kappa shape index (κ1) is 19.7. The summed E-state index contributed by atoms with van der Waals surface area (Å²) in [7, 11) is 3.06. The normalized spacial score (nSPS) is 20.1. The third-order valence-corrected chi connectivity index (χ3v) is 5.55. The molecule has 1 heterocycles. The number of anilines is 2. The summed E-state index contributed by atoms with van der Waals surface area (Å²) in [5.41, 5.74) is 1.35. The van der Waals surface area contributed by atoms with Gasteiger partial charge in [-0.25, -0.2) is 0 Å². The first-order valence-electron chi connectivity index (χ1n) is 9.69. The second-order valence-corrected chi connectivity index (χ2v) is 7.23. The molecule has 1 saturated heterocycles. The Morgan fingerprint density at radius 1 is 0.933 bits per heavy atom. The first-order chi connectivity index (χ1) is 14.5. The number of amides is 3. The maximum atomic E-state index is 12.7. The number of nitrogens with one attached hydrogen (secondary N) is 1. The number of hydrogen-bond acceptors (Lipinski definition) is 5. The van der Waals surface area contributed by atoms with Gasteiger partial charge in [0.1, 0.15) is 11.5 Å². The molecular weight excluding hydrogens is 384 g/mol. The fraction of sp³-hybridized carbons (Fsp3) is 0.261. The number of imide groups is 1. The SMILES string of the molecule is COc1ccc(OC)c(NC(=O)c2ccc(N3C(=O)[C@@H]4CC=CC[C@H]4C3=O)cc2)c1. The molecule has 154 valence electrons. The van der Waals surface area contributed by atoms with Crippen molar-refractivity contribution >= 4 is 29.1 Å². The van der Waals surface area contributed by atoms with Gasteiger partial charge in [0.2, 0.25) is 11.8 Å². The lowest BCUT2D eigenvalue weighted by Crippen LogP contribution is -2.30. The van der Waals surface area contributed by atoms with E-state index in [4.69, 9.17) is 9.47 Å². The van der Waals surface area contributed by atoms with Crippen molar-refractivity contribution in [3.63, 3.8) is 0 Å². The van der Waals surface area contributed by atoms with Crippen LogP contribution < -0.4 is 19.7 Å². The highest BCUT2D eigenvalue weighted by Gasteiger charge is 2.47. The van der Waals surface area contributed by atoms with Gasteiger partial charge in [-0.15, -0.1) is 0 Å². The van der Waals surface area contributed by atoms with E-state index in [1.807, 2.05) is 12.2 Å². The summed E-state index contributed by atoms with van der Waals surface area (Å²) in [6, 6.07) is 11.5. The quantitative estimate of drug-likeness (QED) is 0.608. The number of hydrogen-bond donors (Lipinski definition) is 1. The monoisotopic (exact) mass is 406 g/mol. The average Bonchev–Trinajstić information content (AvgIpc) is 3.04. The molecule has 0 bridgehead atoms. The number of carbonyl (C=O) groups excluding carboxylic acids is 3. The minimum absolute atomic E-state index is 0.173. The van der Waals surface area contributed by atoms with Gasteiger partial charge in [0.15, 0.2) is 0 Å². The van der Waals surface area contributed by atoms with Crippen LogP contribution in [-0.2, 0) is 9.59 Å². The van der Waals surface area contributed by atoms with E-state index in [0.717, 1.165) is 0 Å². The van der Waals surface area contributed by atoms with Crippen molar-refractivity contribution in [3.8, 4) is 11.5 Å². The fourth-order valence-corrected chi connectivity index (χ4v) is 3.92. The van der Waals surface area contributed by atoms with Crippen LogP contribution in [0.25, 0.3) is 0 Å². The van der Waals surface area contributed by atoms with E-state index in [-0.39, 0.29) is 29.6 Å². The number of fused-ring (bicyclic) bond motifs is 1. The summed E-state index contributed by atoms with van der Waals surface area (Å²) >= 11 is 0. The van der Waals surface area contributed by atoms with Crippen LogP contribution in [0.5, 0.6) is 11.5 Å². The third kappa shape index (κ3) is 3.43. The smallest absolute Gasteiger partial charge is 0.255 e. The van der Waals surface area contributed by atoms with Gasteiger partial charge < -0.3 is 14.8 Å². The highest BCUT2D eigenvalue weighted by molar-refractivity contribution is 6.22. The second kappa shape index (κ2) is 8.02. The molecule has 1 aliphatic heterocycles. The maximum absolute atomic E-state index is 12.7. The number of nitrogens with zero attached hydrogens (tertiary/aromatic N) is 1. The molecule has 7 heteroatoms. The van der Waals surface area contributed by atoms with Gasteiger partial charge in [-0.05, 0) is 49.2 Å². The molecule has 4 rings (SSSR count). The predicted molar refractivity (Wildman–Crippen MR) is 112 cm³/mol. The van der Waals surface area contributed by atoms with Gasteiger partial charge in [-0.3, -0.25) is 19.3 Å². The second-order valence-electron chi connectivity index (χ2n) is 7.23. The average molecular weight is 406 g/mol. The summed E-state index contributed by atoms with van der Waals surface area (Å²) in [4.78, 5) is 39.3. The van der Waals surface area contributed by atoms with Crippen LogP contribution in [0, 0.1) is 11.8 Å². The first-order valence-corrected chi connectivity index (χ1v) is 9.69. The molecular formula is C23H22N2O5. The van der Waals surface area contributed by atoms with Gasteiger partial charge >= 0.3 is 0 Å². The van der Waals surface area contributed by atoms with Crippen molar-refractivity contribution in [1.82, 2.24) is 0 Å². The van der Waals surface area contributed by atoms with Crippen LogP contribution in [0.4, 0.5) is 11.4 Å². The van der Waals surface area contributed by atoms with Crippen LogP contribution >= 0.6 is 0 Å². The Morgan fingerprint density at radius 3 is 2.13 bits per heavy atom. The molecule has 0 saturated carbocycles. The zero-order chi connectivity index (χ0) is 21.3. The molecule has 2 atom stereocenters. The maximum Gasteiger partial charge on any atom is 0.255 e. The van der Waals surface area contributed by atoms with Crippen molar-refractivity contribution in [2.75, 3.05) is 24.4 Å². The molecule has 1 fully saturated rings. The summed E-state index contributed by atoms with van der Waals surface area (Å²) in [5.74, 6) is -0.170. The number of allylic oxidation sites excluding steroid dienone is 2. The van der Waals surface area contributed by atoms with Crippen molar-refractivity contribution in [1.29, 1.82) is 0 Å². The molecule has 0 spiro atoms. The summed E-state index contributed by atoms with van der Waals surface area (Å²) in [5, 5.41) is 2.80. The Morgan fingerprint density at radius 2 is 1.57 bits per heavy atom. The van der Waals surface area contributed by atoms with Crippen LogP contribution in [0.15, 0.2) is 54.6 Å². The van der Waals surface area contributed by atoms with Crippen molar-refractivity contribution in [3.05, 3.63) is 60.2 Å². The number of carbonyl (C=O) groups is 3. The predicted octanol–water partition coefficient (Wildman–Crippen LogP) is 3.41. The van der Waals surface area contributed by atoms with Crippen LogP contribution in [0.1, 0.15) is 23.2 Å². The standard InChI is InChI=1S/C23H22N2O5/c1-29-16-11-12-20(30-2)19(13-16)24-21(26)14-7-9-15(10-8-14)25-22(27)17-5-3-4-6-18(17)23(25)28/h3-4,7-13,17-18H,5-6H2,1-2H3,(H,24,26)/t17-,18-/m1/s1. The van der Waals surface area contributed by atoms with E-state index in [9.17, 15) is 14.4 Å². The fourth-order valence-electron chi connectivity index (χ4n) is 3.92. The van der Waals surface area contributed by atoms with Crippen LogP contribution in [0.3, 0.4) is 0 Å². The third-order valence-electron chi connectivity index (χ3n) is 5.55. The molecule has 0 radical (unpaired) electrons. The topological polar surface area (TPSA) is 84.9 Å². The summed E-state index contributed by atoms with van der Waals surface area (Å²) in [6.45, 7) is 0. The summed E-state index contributed by atoms with van der Waals surface area (Å²) < 4.78 is 10.5. The van der Waals surface area contributed by atoms with E-state index >= 15 is 0 Å². The Labute approximate surface area is 174 Å². The van der Waals surface area contributed by atoms with E-state index in [0.29, 0.717) is 41.3 Å². The van der Waals surface area contributed by atoms with E-state index in [2.05, 4.69) is 5.32 Å². The molecule has 2 aliphatic rings. The lowest BCUT2D eigenvalue weighted by atomic mass is 9.85. The van der Waals surface area contributed by atoms with Crippen molar-refractivity contribution < 1.29 is 23.9 Å². The van der Waals surface area contributed by atoms with Crippen molar-refractivity contribution in [2.24, 2.45) is 11.8 Å². The van der Waals surface area contributed by atoms with Gasteiger partial charge in [0, 0.05) is 11.6 Å². The Kier molecular flexibility index (Phi) is 5.27. The molecule has 30 heavy (non-hydrogen) atoms. The van der Waals surface area contributed by atoms with Crippen LogP contribution in [0.2, 0.25) is 0 Å². The number of methoxy groups -OCH3 is 2. The largest absolute Gasteiger partial charge is 0.497 e. The molecule has 2 aromatic rings. The molecule has 7 nitrogen and oxygen atoms in total. The number of ether oxygens (including phenoxy) is 2. The number of rotatable bonds is 5. The lowest BCUT2D eigenvalue weighted by Gasteiger charge is -2.15. The van der Waals surface area contributed by atoms with Crippen LogP contribution in [-0.4, -0.2) is 31.9 Å². The Bertz CT molecular complexity index is 1000. The van der Waals surface area contributed by atoms with E-state index in [1.54, 1.807) is 49.6 Å². The van der Waals surface area contributed by atoms with Gasteiger partial charge in [-0.2, -0.15) is 0 Å². The molecule has 0 unspecified atom stereocenters. The Balaban J connectivity index is 1.52. The molecule has 3 amide bonds. The lowest BCUT2D eigenvalue weighted by molar-refractivity contribution is -0.122. The zero-order valence-electron chi connectivity index (χ0n) is 16.8. The minimum atomic E-state index is -0.343. The molecule has 0 aromatic heterocycles. The van der Waals surface area contributed by atoms with Gasteiger partial charge in [0.05, 0.1) is 37.4 Å². The number of benzene rings is 2.